The topological polar surface area (TPSA) is 76.2 Å². The van der Waals surface area contributed by atoms with E-state index in [1.54, 1.807) is 38.7 Å². The van der Waals surface area contributed by atoms with Gasteiger partial charge in [-0.3, -0.25) is 4.79 Å². The zero-order chi connectivity index (χ0) is 16.9. The van der Waals surface area contributed by atoms with Crippen LogP contribution in [-0.4, -0.2) is 36.6 Å². The molecular formula is C18H19N3O3. The molecule has 2 aromatic carbocycles. The van der Waals surface area contributed by atoms with E-state index >= 15 is 0 Å². The lowest BCUT2D eigenvalue weighted by molar-refractivity contribution is 0.0953. The number of nitrogens with one attached hydrogen (secondary N) is 2. The third kappa shape index (κ3) is 3.32. The average molecular weight is 325 g/mol. The van der Waals surface area contributed by atoms with E-state index in [-0.39, 0.29) is 5.91 Å². The van der Waals surface area contributed by atoms with E-state index in [0.29, 0.717) is 23.6 Å². The van der Waals surface area contributed by atoms with Crippen molar-refractivity contribution in [3.63, 3.8) is 0 Å². The van der Waals surface area contributed by atoms with Gasteiger partial charge in [0.2, 0.25) is 0 Å². The van der Waals surface area contributed by atoms with Crippen LogP contribution in [0.1, 0.15) is 15.9 Å². The summed E-state index contributed by atoms with van der Waals surface area (Å²) in [5.74, 6) is 0.996. The quantitative estimate of drug-likeness (QED) is 0.730. The number of methoxy groups -OCH3 is 2. The Hall–Kier alpha value is -3.02. The molecule has 0 bridgehead atoms. The summed E-state index contributed by atoms with van der Waals surface area (Å²) in [6.07, 6.45) is 2.42. The van der Waals surface area contributed by atoms with Crippen LogP contribution in [0, 0.1) is 0 Å². The lowest BCUT2D eigenvalue weighted by atomic mass is 10.1. The molecule has 24 heavy (non-hydrogen) atoms. The number of aromatic nitrogens is 2. The van der Waals surface area contributed by atoms with Gasteiger partial charge >= 0.3 is 0 Å². The summed E-state index contributed by atoms with van der Waals surface area (Å²) in [7, 11) is 3.11. The first-order valence-electron chi connectivity index (χ1n) is 7.63. The highest BCUT2D eigenvalue weighted by Crippen LogP contribution is 2.27. The van der Waals surface area contributed by atoms with E-state index in [0.717, 1.165) is 23.0 Å². The predicted octanol–water partition coefficient (Wildman–Crippen LogP) is 2.55. The molecule has 1 aromatic heterocycles. The third-order valence-electron chi connectivity index (χ3n) is 3.83. The minimum Gasteiger partial charge on any atom is -0.493 e. The number of aromatic amines is 1. The van der Waals surface area contributed by atoms with Crippen molar-refractivity contribution in [3.8, 4) is 11.5 Å². The lowest BCUT2D eigenvalue weighted by Gasteiger charge is -2.10. The van der Waals surface area contributed by atoms with Gasteiger partial charge in [-0.1, -0.05) is 6.07 Å². The number of hydrogen-bond donors (Lipinski definition) is 2. The average Bonchev–Trinajstić information content (AvgIpc) is 3.08. The molecule has 0 saturated carbocycles. The monoisotopic (exact) mass is 325 g/mol. The fourth-order valence-electron chi connectivity index (χ4n) is 2.54. The second-order valence-electron chi connectivity index (χ2n) is 5.33. The van der Waals surface area contributed by atoms with E-state index < -0.39 is 0 Å². The molecule has 0 fully saturated rings. The summed E-state index contributed by atoms with van der Waals surface area (Å²) in [5.41, 5.74) is 3.61. The lowest BCUT2D eigenvalue weighted by Crippen LogP contribution is -2.25. The Balaban J connectivity index is 1.60. The van der Waals surface area contributed by atoms with Gasteiger partial charge < -0.3 is 19.8 Å². The number of carbonyl (C=O) groups excluding carboxylic acids is 1. The molecule has 0 saturated heterocycles. The largest absolute Gasteiger partial charge is 0.493 e. The number of carbonyl (C=O) groups is 1. The number of benzene rings is 2. The smallest absolute Gasteiger partial charge is 0.251 e. The van der Waals surface area contributed by atoms with E-state index in [1.807, 2.05) is 18.2 Å². The minimum atomic E-state index is -0.140. The predicted molar refractivity (Wildman–Crippen MR) is 91.7 cm³/mol. The summed E-state index contributed by atoms with van der Waals surface area (Å²) >= 11 is 0. The van der Waals surface area contributed by atoms with Crippen LogP contribution in [0.2, 0.25) is 0 Å². The standard InChI is InChI=1S/C18H19N3O3/c1-23-16-6-4-13(10-17(16)24-2)18(22)19-8-7-12-3-5-14-15(9-12)21-11-20-14/h3-6,9-11H,7-8H2,1-2H3,(H,19,22)(H,20,21). The van der Waals surface area contributed by atoms with Crippen molar-refractivity contribution in [1.29, 1.82) is 0 Å². The Morgan fingerprint density at radius 3 is 2.75 bits per heavy atom. The molecular weight excluding hydrogens is 306 g/mol. The molecule has 6 nitrogen and oxygen atoms in total. The van der Waals surface area contributed by atoms with Gasteiger partial charge in [0.25, 0.3) is 5.91 Å². The summed E-state index contributed by atoms with van der Waals surface area (Å²) in [5, 5.41) is 2.92. The van der Waals surface area contributed by atoms with Crippen molar-refractivity contribution in [3.05, 3.63) is 53.9 Å². The van der Waals surface area contributed by atoms with Crippen LogP contribution in [0.3, 0.4) is 0 Å². The van der Waals surface area contributed by atoms with Crippen molar-refractivity contribution in [2.45, 2.75) is 6.42 Å². The second kappa shape index (κ2) is 7.04. The number of H-pyrrole nitrogens is 1. The van der Waals surface area contributed by atoms with Gasteiger partial charge in [-0.2, -0.15) is 0 Å². The van der Waals surface area contributed by atoms with Crippen molar-refractivity contribution in [2.24, 2.45) is 0 Å². The summed E-state index contributed by atoms with van der Waals surface area (Å²) < 4.78 is 10.4. The second-order valence-corrected chi connectivity index (χ2v) is 5.33. The maximum atomic E-state index is 12.3. The third-order valence-corrected chi connectivity index (χ3v) is 3.83. The molecule has 0 aliphatic carbocycles. The highest BCUT2D eigenvalue weighted by molar-refractivity contribution is 5.94. The molecule has 0 aliphatic heterocycles. The zero-order valence-electron chi connectivity index (χ0n) is 13.6. The molecule has 0 aliphatic rings. The highest BCUT2D eigenvalue weighted by atomic mass is 16.5. The molecule has 3 rings (SSSR count). The van der Waals surface area contributed by atoms with Crippen LogP contribution in [0.4, 0.5) is 0 Å². The number of rotatable bonds is 6. The number of amides is 1. The SMILES string of the molecule is COc1ccc(C(=O)NCCc2ccc3nc[nH]c3c2)cc1OC. The molecule has 0 atom stereocenters. The Bertz CT molecular complexity index is 858. The fourth-order valence-corrected chi connectivity index (χ4v) is 2.54. The van der Waals surface area contributed by atoms with Gasteiger partial charge in [-0.25, -0.2) is 4.98 Å². The maximum Gasteiger partial charge on any atom is 0.251 e. The molecule has 0 unspecified atom stereocenters. The minimum absolute atomic E-state index is 0.140. The van der Waals surface area contributed by atoms with E-state index in [1.165, 1.54) is 0 Å². The van der Waals surface area contributed by atoms with E-state index in [9.17, 15) is 4.79 Å². The van der Waals surface area contributed by atoms with Crippen LogP contribution in [0.5, 0.6) is 11.5 Å². The number of fused-ring (bicyclic) bond motifs is 1. The van der Waals surface area contributed by atoms with Crippen molar-refractivity contribution in [2.75, 3.05) is 20.8 Å². The van der Waals surface area contributed by atoms with Gasteiger partial charge in [0.05, 0.1) is 31.6 Å². The molecule has 2 N–H and O–H groups in total. The molecule has 0 radical (unpaired) electrons. The number of hydrogen-bond acceptors (Lipinski definition) is 4. The van der Waals surface area contributed by atoms with Gasteiger partial charge in [0.1, 0.15) is 0 Å². The molecule has 3 aromatic rings. The van der Waals surface area contributed by atoms with Crippen LogP contribution in [-0.2, 0) is 6.42 Å². The molecule has 6 heteroatoms. The normalized spacial score (nSPS) is 10.6. The first kappa shape index (κ1) is 15.9. The van der Waals surface area contributed by atoms with E-state index in [2.05, 4.69) is 15.3 Å². The fraction of sp³-hybridized carbons (Fsp3) is 0.222. The number of ether oxygens (including phenoxy) is 2. The van der Waals surface area contributed by atoms with Crippen molar-refractivity contribution in [1.82, 2.24) is 15.3 Å². The van der Waals surface area contributed by atoms with Gasteiger partial charge in [-0.15, -0.1) is 0 Å². The highest BCUT2D eigenvalue weighted by Gasteiger charge is 2.10. The van der Waals surface area contributed by atoms with E-state index in [4.69, 9.17) is 9.47 Å². The summed E-state index contributed by atoms with van der Waals surface area (Å²) in [6, 6.07) is 11.1. The first-order chi connectivity index (χ1) is 11.7. The van der Waals surface area contributed by atoms with Crippen LogP contribution >= 0.6 is 0 Å². The molecule has 124 valence electrons. The van der Waals surface area contributed by atoms with Gasteiger partial charge in [0.15, 0.2) is 11.5 Å². The maximum absolute atomic E-state index is 12.3. The van der Waals surface area contributed by atoms with Crippen LogP contribution < -0.4 is 14.8 Å². The Morgan fingerprint density at radius 1 is 1.12 bits per heavy atom. The van der Waals surface area contributed by atoms with Crippen molar-refractivity contribution >= 4 is 16.9 Å². The van der Waals surface area contributed by atoms with Crippen LogP contribution in [0.25, 0.3) is 11.0 Å². The summed E-state index contributed by atoms with van der Waals surface area (Å²) in [6.45, 7) is 0.548. The molecule has 0 spiro atoms. The first-order valence-corrected chi connectivity index (χ1v) is 7.63. The zero-order valence-corrected chi connectivity index (χ0v) is 13.6. The Kier molecular flexibility index (Phi) is 4.65. The van der Waals surface area contributed by atoms with Gasteiger partial charge in [0, 0.05) is 12.1 Å². The number of imidazole rings is 1. The molecule has 1 heterocycles. The Labute approximate surface area is 139 Å². The van der Waals surface area contributed by atoms with Crippen molar-refractivity contribution < 1.29 is 14.3 Å². The van der Waals surface area contributed by atoms with Gasteiger partial charge in [-0.05, 0) is 42.3 Å². The Morgan fingerprint density at radius 2 is 1.96 bits per heavy atom. The summed E-state index contributed by atoms with van der Waals surface area (Å²) in [4.78, 5) is 19.5. The van der Waals surface area contributed by atoms with Crippen LogP contribution in [0.15, 0.2) is 42.7 Å². The number of nitrogens with zero attached hydrogens (tertiary/aromatic N) is 1. The molecule has 1 amide bonds.